The third-order valence-electron chi connectivity index (χ3n) is 5.54. The van der Waals surface area contributed by atoms with Crippen LogP contribution in [0.5, 0.6) is 0 Å². The number of hydrogen-bond acceptors (Lipinski definition) is 7. The number of nitrogens with one attached hydrogen (secondary N) is 1. The lowest BCUT2D eigenvalue weighted by Gasteiger charge is -2.22. The first kappa shape index (κ1) is 22.6. The highest BCUT2D eigenvalue weighted by Gasteiger charge is 2.17. The van der Waals surface area contributed by atoms with Gasteiger partial charge in [0.25, 0.3) is 0 Å². The first-order chi connectivity index (χ1) is 16.0. The molecule has 172 valence electrons. The van der Waals surface area contributed by atoms with E-state index in [1.54, 1.807) is 6.20 Å². The summed E-state index contributed by atoms with van der Waals surface area (Å²) in [5.41, 5.74) is 4.87. The third-order valence-corrected chi connectivity index (χ3v) is 5.54. The molecule has 8 heteroatoms. The summed E-state index contributed by atoms with van der Waals surface area (Å²) >= 11 is 0. The van der Waals surface area contributed by atoms with Gasteiger partial charge in [-0.25, -0.2) is 4.98 Å². The second-order valence-corrected chi connectivity index (χ2v) is 8.64. The quantitative estimate of drug-likeness (QED) is 0.374. The molecule has 4 aromatic rings. The Morgan fingerprint density at radius 1 is 1.00 bits per heavy atom. The molecule has 0 aromatic carbocycles. The molecule has 0 aliphatic carbocycles. The van der Waals surface area contributed by atoms with E-state index in [4.69, 9.17) is 10.1 Å². The van der Waals surface area contributed by atoms with Crippen molar-refractivity contribution >= 4 is 28.5 Å². The highest BCUT2D eigenvalue weighted by Crippen LogP contribution is 2.31. The molecule has 0 spiro atoms. The summed E-state index contributed by atoms with van der Waals surface area (Å²) in [6.07, 6.45) is 7.91. The van der Waals surface area contributed by atoms with Crippen LogP contribution in [-0.2, 0) is 7.05 Å². The average molecular weight is 445 g/mol. The van der Waals surface area contributed by atoms with E-state index in [0.29, 0.717) is 17.6 Å². The highest BCUT2D eigenvalue weighted by molar-refractivity contribution is 5.84. The first-order valence-electron chi connectivity index (χ1n) is 11.6. The van der Waals surface area contributed by atoms with Crippen LogP contribution in [0.2, 0.25) is 0 Å². The first-order valence-corrected chi connectivity index (χ1v) is 11.6. The van der Waals surface area contributed by atoms with Crippen LogP contribution in [0, 0.1) is 0 Å². The van der Waals surface area contributed by atoms with E-state index in [-0.39, 0.29) is 0 Å². The van der Waals surface area contributed by atoms with Crippen LogP contribution in [0.25, 0.3) is 22.2 Å². The topological polar surface area (TPSA) is 84.7 Å². The van der Waals surface area contributed by atoms with Gasteiger partial charge in [0.2, 0.25) is 0 Å². The molecule has 0 aliphatic heterocycles. The monoisotopic (exact) mass is 444 g/mol. The lowest BCUT2D eigenvalue weighted by Crippen LogP contribution is -2.26. The fourth-order valence-corrected chi connectivity index (χ4v) is 3.89. The molecule has 0 amide bonds. The molecule has 0 radical (unpaired) electrons. The standard InChI is InChI=1S/C25H32N8/c1-6-10-33(11-7-2)25-20(16-32(5)31-25)19-12-22-21(26-14-19)8-9-23(28-22)29-24-13-18(17(3)4)15-27-30-24/h8-9,12-17H,6-7,10-11H2,1-5H3,(H,28,29,30). The number of aryl methyl sites for hydroxylation is 1. The highest BCUT2D eigenvalue weighted by atomic mass is 15.3. The molecule has 4 heterocycles. The lowest BCUT2D eigenvalue weighted by molar-refractivity contribution is 0.705. The Hall–Kier alpha value is -3.55. The molecule has 0 saturated heterocycles. The van der Waals surface area contributed by atoms with Gasteiger partial charge in [0.15, 0.2) is 11.6 Å². The van der Waals surface area contributed by atoms with Crippen molar-refractivity contribution in [2.24, 2.45) is 7.05 Å². The Labute approximate surface area is 195 Å². The van der Waals surface area contributed by atoms with Gasteiger partial charge >= 0.3 is 0 Å². The normalized spacial score (nSPS) is 11.3. The molecule has 0 saturated carbocycles. The average Bonchev–Trinajstić information content (AvgIpc) is 3.20. The van der Waals surface area contributed by atoms with Crippen molar-refractivity contribution in [3.63, 3.8) is 0 Å². The minimum atomic E-state index is 0.381. The zero-order valence-electron chi connectivity index (χ0n) is 20.1. The maximum Gasteiger partial charge on any atom is 0.158 e. The Morgan fingerprint density at radius 3 is 2.52 bits per heavy atom. The van der Waals surface area contributed by atoms with Crippen LogP contribution in [0.1, 0.15) is 52.0 Å². The molecule has 1 N–H and O–H groups in total. The summed E-state index contributed by atoms with van der Waals surface area (Å²) in [6, 6.07) is 7.98. The summed E-state index contributed by atoms with van der Waals surface area (Å²) in [6.45, 7) is 10.6. The van der Waals surface area contributed by atoms with Gasteiger partial charge in [-0.15, -0.1) is 5.10 Å². The minimum Gasteiger partial charge on any atom is -0.355 e. The van der Waals surface area contributed by atoms with E-state index in [0.717, 1.165) is 59.5 Å². The van der Waals surface area contributed by atoms with Gasteiger partial charge in [0.1, 0.15) is 5.82 Å². The largest absolute Gasteiger partial charge is 0.355 e. The minimum absolute atomic E-state index is 0.381. The number of rotatable bonds is 9. The van der Waals surface area contributed by atoms with E-state index >= 15 is 0 Å². The van der Waals surface area contributed by atoms with Gasteiger partial charge in [-0.05, 0) is 48.6 Å². The summed E-state index contributed by atoms with van der Waals surface area (Å²) in [4.78, 5) is 11.8. The van der Waals surface area contributed by atoms with Crippen molar-refractivity contribution in [2.75, 3.05) is 23.3 Å². The maximum absolute atomic E-state index is 4.80. The Bertz CT molecular complexity index is 1220. The molecule has 4 rings (SSSR count). The van der Waals surface area contributed by atoms with Gasteiger partial charge in [-0.2, -0.15) is 10.2 Å². The van der Waals surface area contributed by atoms with Gasteiger partial charge < -0.3 is 10.2 Å². The summed E-state index contributed by atoms with van der Waals surface area (Å²) in [7, 11) is 1.96. The molecular weight excluding hydrogens is 412 g/mol. The fourth-order valence-electron chi connectivity index (χ4n) is 3.89. The molecule has 33 heavy (non-hydrogen) atoms. The number of aromatic nitrogens is 6. The second kappa shape index (κ2) is 9.94. The van der Waals surface area contributed by atoms with Crippen molar-refractivity contribution in [3.05, 3.63) is 48.4 Å². The summed E-state index contributed by atoms with van der Waals surface area (Å²) in [5, 5.41) is 16.4. The van der Waals surface area contributed by atoms with Crippen LogP contribution >= 0.6 is 0 Å². The van der Waals surface area contributed by atoms with Crippen molar-refractivity contribution < 1.29 is 0 Å². The summed E-state index contributed by atoms with van der Waals surface area (Å²) < 4.78 is 1.87. The number of pyridine rings is 2. The van der Waals surface area contributed by atoms with Gasteiger partial charge in [0, 0.05) is 43.7 Å². The van der Waals surface area contributed by atoms with E-state index in [1.807, 2.05) is 36.1 Å². The second-order valence-electron chi connectivity index (χ2n) is 8.64. The molecule has 0 bridgehead atoms. The van der Waals surface area contributed by atoms with E-state index in [1.165, 1.54) is 0 Å². The third kappa shape index (κ3) is 5.10. The SMILES string of the molecule is CCCN(CCC)c1nn(C)cc1-c1cnc2ccc(Nc3cc(C(C)C)cnn3)nc2c1. The maximum atomic E-state index is 4.80. The van der Waals surface area contributed by atoms with Gasteiger partial charge in [-0.3, -0.25) is 9.67 Å². The van der Waals surface area contributed by atoms with Gasteiger partial charge in [0.05, 0.1) is 17.2 Å². The predicted octanol–water partition coefficient (Wildman–Crippen LogP) is 5.31. The van der Waals surface area contributed by atoms with Crippen LogP contribution in [0.4, 0.5) is 17.5 Å². The molecule has 0 unspecified atom stereocenters. The Morgan fingerprint density at radius 2 is 1.79 bits per heavy atom. The molecule has 0 aliphatic rings. The molecule has 0 fully saturated rings. The lowest BCUT2D eigenvalue weighted by atomic mass is 10.1. The number of anilines is 3. The zero-order valence-corrected chi connectivity index (χ0v) is 20.1. The predicted molar refractivity (Wildman–Crippen MR) is 134 cm³/mol. The van der Waals surface area contributed by atoms with Crippen LogP contribution in [-0.4, -0.2) is 43.0 Å². The van der Waals surface area contributed by atoms with E-state index in [2.05, 4.69) is 65.4 Å². The number of fused-ring (bicyclic) bond motifs is 1. The summed E-state index contributed by atoms with van der Waals surface area (Å²) in [5.74, 6) is 2.77. The van der Waals surface area contributed by atoms with Crippen molar-refractivity contribution in [3.8, 4) is 11.1 Å². The Balaban J connectivity index is 1.68. The zero-order chi connectivity index (χ0) is 23.4. The molecule has 0 atom stereocenters. The van der Waals surface area contributed by atoms with Crippen LogP contribution in [0.3, 0.4) is 0 Å². The van der Waals surface area contributed by atoms with Crippen molar-refractivity contribution in [2.45, 2.75) is 46.5 Å². The van der Waals surface area contributed by atoms with Crippen molar-refractivity contribution in [1.82, 2.24) is 29.9 Å². The van der Waals surface area contributed by atoms with Crippen LogP contribution in [0.15, 0.2) is 42.9 Å². The Kier molecular flexibility index (Phi) is 6.82. The van der Waals surface area contributed by atoms with Gasteiger partial charge in [-0.1, -0.05) is 27.7 Å². The molecule has 8 nitrogen and oxygen atoms in total. The molecular formula is C25H32N8. The number of hydrogen-bond donors (Lipinski definition) is 1. The molecule has 4 aromatic heterocycles. The fraction of sp³-hybridized carbons (Fsp3) is 0.400. The smallest absolute Gasteiger partial charge is 0.158 e. The van der Waals surface area contributed by atoms with Crippen LogP contribution < -0.4 is 10.2 Å². The number of nitrogens with zero attached hydrogens (tertiary/aromatic N) is 7. The van der Waals surface area contributed by atoms with Crippen molar-refractivity contribution in [1.29, 1.82) is 0 Å². The van der Waals surface area contributed by atoms with E-state index in [9.17, 15) is 0 Å². The van der Waals surface area contributed by atoms with E-state index < -0.39 is 0 Å².